The van der Waals surface area contributed by atoms with Crippen LogP contribution in [0.25, 0.3) is 0 Å². The van der Waals surface area contributed by atoms with Crippen molar-refractivity contribution in [2.75, 3.05) is 16.8 Å². The zero-order valence-corrected chi connectivity index (χ0v) is 13.6. The molecule has 6 heteroatoms. The fraction of sp³-hybridized carbons (Fsp3) is 0.222. The van der Waals surface area contributed by atoms with E-state index in [0.717, 1.165) is 18.7 Å². The normalized spacial score (nSPS) is 14.1. The van der Waals surface area contributed by atoms with Crippen LogP contribution in [0.3, 0.4) is 0 Å². The molecule has 0 aliphatic carbocycles. The molecule has 0 unspecified atom stereocenters. The number of nitrogens with one attached hydrogen (secondary N) is 1. The summed E-state index contributed by atoms with van der Waals surface area (Å²) in [5, 5.41) is 2.94. The van der Waals surface area contributed by atoms with Gasteiger partial charge in [0.1, 0.15) is 5.82 Å². The highest BCUT2D eigenvalue weighted by molar-refractivity contribution is 6.31. The number of benzene rings is 2. The van der Waals surface area contributed by atoms with Crippen molar-refractivity contribution in [2.45, 2.75) is 19.3 Å². The Labute approximate surface area is 144 Å². The van der Waals surface area contributed by atoms with E-state index in [0.29, 0.717) is 12.1 Å². The zero-order valence-electron chi connectivity index (χ0n) is 12.9. The van der Waals surface area contributed by atoms with Gasteiger partial charge in [-0.3, -0.25) is 9.59 Å². The second-order valence-electron chi connectivity index (χ2n) is 5.62. The van der Waals surface area contributed by atoms with Crippen LogP contribution < -0.4 is 10.2 Å². The molecule has 0 spiro atoms. The van der Waals surface area contributed by atoms with Crippen LogP contribution in [0.2, 0.25) is 5.02 Å². The van der Waals surface area contributed by atoms with E-state index in [1.807, 2.05) is 0 Å². The first-order valence-corrected chi connectivity index (χ1v) is 8.05. The van der Waals surface area contributed by atoms with Crippen LogP contribution in [0, 0.1) is 5.82 Å². The molecule has 3 rings (SSSR count). The number of anilines is 2. The Morgan fingerprint density at radius 1 is 1.21 bits per heavy atom. The lowest BCUT2D eigenvalue weighted by atomic mass is 10.1. The first-order chi connectivity index (χ1) is 11.5. The molecule has 24 heavy (non-hydrogen) atoms. The monoisotopic (exact) mass is 346 g/mol. The molecular weight excluding hydrogens is 331 g/mol. The van der Waals surface area contributed by atoms with Crippen molar-refractivity contribution < 1.29 is 14.0 Å². The SMILES string of the molecule is O=C(Cc1c(F)cccc1Cl)Nc1ccc(N2CCCC2=O)cc1. The van der Waals surface area contributed by atoms with Crippen LogP contribution in [0.15, 0.2) is 42.5 Å². The highest BCUT2D eigenvalue weighted by Crippen LogP contribution is 2.24. The van der Waals surface area contributed by atoms with E-state index in [2.05, 4.69) is 5.32 Å². The third kappa shape index (κ3) is 3.57. The van der Waals surface area contributed by atoms with Gasteiger partial charge in [-0.25, -0.2) is 4.39 Å². The summed E-state index contributed by atoms with van der Waals surface area (Å²) in [5.74, 6) is -0.742. The molecule has 2 amide bonds. The van der Waals surface area contributed by atoms with Crippen molar-refractivity contribution in [1.29, 1.82) is 0 Å². The maximum Gasteiger partial charge on any atom is 0.228 e. The van der Waals surface area contributed by atoms with Crippen LogP contribution in [0.4, 0.5) is 15.8 Å². The Bertz CT molecular complexity index is 757. The smallest absolute Gasteiger partial charge is 0.228 e. The average Bonchev–Trinajstić information content (AvgIpc) is 2.98. The molecule has 0 radical (unpaired) electrons. The molecule has 0 atom stereocenters. The number of rotatable bonds is 4. The summed E-state index contributed by atoms with van der Waals surface area (Å²) in [6.07, 6.45) is 1.29. The number of carbonyl (C=O) groups is 2. The van der Waals surface area contributed by atoms with Crippen LogP contribution in [-0.2, 0) is 16.0 Å². The van der Waals surface area contributed by atoms with E-state index in [1.54, 1.807) is 35.2 Å². The third-order valence-electron chi connectivity index (χ3n) is 3.94. The van der Waals surface area contributed by atoms with Gasteiger partial charge >= 0.3 is 0 Å². The quantitative estimate of drug-likeness (QED) is 0.915. The van der Waals surface area contributed by atoms with Crippen molar-refractivity contribution in [3.63, 3.8) is 0 Å². The van der Waals surface area contributed by atoms with Crippen LogP contribution in [-0.4, -0.2) is 18.4 Å². The second-order valence-corrected chi connectivity index (χ2v) is 6.03. The van der Waals surface area contributed by atoms with Gasteiger partial charge in [-0.05, 0) is 42.8 Å². The molecule has 4 nitrogen and oxygen atoms in total. The Morgan fingerprint density at radius 3 is 2.58 bits per heavy atom. The maximum absolute atomic E-state index is 13.7. The van der Waals surface area contributed by atoms with Gasteiger partial charge in [-0.15, -0.1) is 0 Å². The highest BCUT2D eigenvalue weighted by atomic mass is 35.5. The van der Waals surface area contributed by atoms with Gasteiger partial charge in [0.15, 0.2) is 0 Å². The first-order valence-electron chi connectivity index (χ1n) is 7.68. The fourth-order valence-corrected chi connectivity index (χ4v) is 2.94. The van der Waals surface area contributed by atoms with Gasteiger partial charge in [0.05, 0.1) is 6.42 Å². The number of hydrogen-bond acceptors (Lipinski definition) is 2. The van der Waals surface area contributed by atoms with E-state index in [9.17, 15) is 14.0 Å². The van der Waals surface area contributed by atoms with Crippen molar-refractivity contribution in [3.8, 4) is 0 Å². The lowest BCUT2D eigenvalue weighted by Gasteiger charge is -2.16. The number of carbonyl (C=O) groups excluding carboxylic acids is 2. The summed E-state index contributed by atoms with van der Waals surface area (Å²) >= 11 is 5.93. The minimum atomic E-state index is -0.499. The predicted octanol–water partition coefficient (Wildman–Crippen LogP) is 3.79. The van der Waals surface area contributed by atoms with Gasteiger partial charge < -0.3 is 10.2 Å². The van der Waals surface area contributed by atoms with Gasteiger partial charge in [0.25, 0.3) is 0 Å². The molecule has 1 fully saturated rings. The van der Waals surface area contributed by atoms with Crippen molar-refractivity contribution in [1.82, 2.24) is 0 Å². The van der Waals surface area contributed by atoms with Gasteiger partial charge in [-0.2, -0.15) is 0 Å². The first kappa shape index (κ1) is 16.5. The van der Waals surface area contributed by atoms with Crippen molar-refractivity contribution in [2.24, 2.45) is 0 Å². The maximum atomic E-state index is 13.7. The molecule has 1 N–H and O–H groups in total. The van der Waals surface area contributed by atoms with E-state index in [-0.39, 0.29) is 28.8 Å². The molecule has 1 saturated heterocycles. The minimum absolute atomic E-state index is 0.112. The average molecular weight is 347 g/mol. The molecule has 2 aromatic rings. The van der Waals surface area contributed by atoms with E-state index in [1.165, 1.54) is 12.1 Å². The molecule has 1 aliphatic rings. The lowest BCUT2D eigenvalue weighted by Crippen LogP contribution is -2.23. The van der Waals surface area contributed by atoms with Crippen LogP contribution >= 0.6 is 11.6 Å². The fourth-order valence-electron chi connectivity index (χ4n) is 2.71. The van der Waals surface area contributed by atoms with E-state index < -0.39 is 5.82 Å². The van der Waals surface area contributed by atoms with E-state index >= 15 is 0 Å². The van der Waals surface area contributed by atoms with Crippen molar-refractivity contribution >= 4 is 34.8 Å². The molecule has 0 bridgehead atoms. The molecule has 1 heterocycles. The molecule has 1 aliphatic heterocycles. The number of hydrogen-bond donors (Lipinski definition) is 1. The number of halogens is 2. The summed E-state index contributed by atoms with van der Waals surface area (Å²) < 4.78 is 13.7. The molecule has 0 aromatic heterocycles. The van der Waals surface area contributed by atoms with Crippen molar-refractivity contribution in [3.05, 3.63) is 58.9 Å². The summed E-state index contributed by atoms with van der Waals surface area (Å²) in [6.45, 7) is 0.719. The summed E-state index contributed by atoms with van der Waals surface area (Å²) in [5.41, 5.74) is 1.58. The highest BCUT2D eigenvalue weighted by Gasteiger charge is 2.21. The Hall–Kier alpha value is -2.40. The number of amides is 2. The molecule has 2 aromatic carbocycles. The Kier molecular flexibility index (Phi) is 4.81. The Balaban J connectivity index is 1.65. The van der Waals surface area contributed by atoms with Crippen LogP contribution in [0.1, 0.15) is 18.4 Å². The van der Waals surface area contributed by atoms with Gasteiger partial charge in [0, 0.05) is 34.9 Å². The standard InChI is InChI=1S/C18H16ClFN2O2/c19-15-3-1-4-16(20)14(15)11-17(23)21-12-6-8-13(9-7-12)22-10-2-5-18(22)24/h1,3-4,6-9H,2,5,10-11H2,(H,21,23). The number of nitrogens with zero attached hydrogens (tertiary/aromatic N) is 1. The summed E-state index contributed by atoms with van der Waals surface area (Å²) in [7, 11) is 0. The Morgan fingerprint density at radius 2 is 1.96 bits per heavy atom. The van der Waals surface area contributed by atoms with Gasteiger partial charge in [-0.1, -0.05) is 17.7 Å². The summed E-state index contributed by atoms with van der Waals surface area (Å²) in [6, 6.07) is 11.3. The molecule has 0 saturated carbocycles. The molecular formula is C18H16ClFN2O2. The zero-order chi connectivity index (χ0) is 17.1. The lowest BCUT2D eigenvalue weighted by molar-refractivity contribution is -0.117. The minimum Gasteiger partial charge on any atom is -0.326 e. The van der Waals surface area contributed by atoms with Gasteiger partial charge in [0.2, 0.25) is 11.8 Å². The molecule has 124 valence electrons. The third-order valence-corrected chi connectivity index (χ3v) is 4.29. The summed E-state index contributed by atoms with van der Waals surface area (Å²) in [4.78, 5) is 25.5. The topological polar surface area (TPSA) is 49.4 Å². The predicted molar refractivity (Wildman–Crippen MR) is 91.8 cm³/mol. The second kappa shape index (κ2) is 7.01. The largest absolute Gasteiger partial charge is 0.326 e. The van der Waals surface area contributed by atoms with E-state index in [4.69, 9.17) is 11.6 Å². The van der Waals surface area contributed by atoms with Crippen LogP contribution in [0.5, 0.6) is 0 Å².